The molecule has 2 amide bonds. The van der Waals surface area contributed by atoms with E-state index in [-0.39, 0.29) is 16.4 Å². The van der Waals surface area contributed by atoms with Crippen LogP contribution in [0.3, 0.4) is 0 Å². The SMILES string of the molecule is COC(=O)Nc1ccc(S(=O)(=O)C(C)C)c([C@H]2CCCN2C(=O)[C@H](Nc2ccc3c(C)c[nH]c(=O)c3c2)c2ccc(OC)c(OC)c2)c1. The van der Waals surface area contributed by atoms with E-state index in [9.17, 15) is 22.8 Å². The van der Waals surface area contributed by atoms with Crippen LogP contribution in [-0.4, -0.2) is 63.4 Å². The minimum atomic E-state index is -3.77. The molecule has 2 atom stereocenters. The van der Waals surface area contributed by atoms with Crippen LogP contribution < -0.4 is 25.7 Å². The highest BCUT2D eigenvalue weighted by Gasteiger charge is 2.38. The van der Waals surface area contributed by atoms with E-state index >= 15 is 0 Å². The number of pyridine rings is 1. The Labute approximate surface area is 279 Å². The Morgan fingerprint density at radius 2 is 1.67 bits per heavy atom. The third kappa shape index (κ3) is 6.68. The molecular formula is C35H40N4O8S. The maximum atomic E-state index is 14.8. The van der Waals surface area contributed by atoms with Crippen LogP contribution in [0.5, 0.6) is 11.5 Å². The number of hydrogen-bond donors (Lipinski definition) is 3. The Bertz CT molecular complexity index is 2030. The highest BCUT2D eigenvalue weighted by atomic mass is 32.2. The van der Waals surface area contributed by atoms with Crippen LogP contribution in [0.25, 0.3) is 10.8 Å². The lowest BCUT2D eigenvalue weighted by Crippen LogP contribution is -2.38. The molecule has 1 aliphatic heterocycles. The summed E-state index contributed by atoms with van der Waals surface area (Å²) in [6.07, 6.45) is 2.07. The number of benzene rings is 3. The number of anilines is 2. The summed E-state index contributed by atoms with van der Waals surface area (Å²) in [6, 6.07) is 13.5. The van der Waals surface area contributed by atoms with Gasteiger partial charge in [-0.2, -0.15) is 0 Å². The number of likely N-dealkylation sites (tertiary alicyclic amines) is 1. The van der Waals surface area contributed by atoms with Gasteiger partial charge in [0.25, 0.3) is 5.56 Å². The predicted molar refractivity (Wildman–Crippen MR) is 184 cm³/mol. The maximum Gasteiger partial charge on any atom is 0.411 e. The first-order valence-corrected chi connectivity index (χ1v) is 17.1. The summed E-state index contributed by atoms with van der Waals surface area (Å²) in [5, 5.41) is 6.49. The van der Waals surface area contributed by atoms with Crippen molar-refractivity contribution in [1.82, 2.24) is 9.88 Å². The third-order valence-corrected chi connectivity index (χ3v) is 10.9. The van der Waals surface area contributed by atoms with Crippen LogP contribution in [0.4, 0.5) is 16.2 Å². The fraction of sp³-hybridized carbons (Fsp3) is 0.343. The largest absolute Gasteiger partial charge is 0.493 e. The van der Waals surface area contributed by atoms with Gasteiger partial charge >= 0.3 is 6.09 Å². The Kier molecular flexibility index (Phi) is 9.99. The average molecular weight is 677 g/mol. The summed E-state index contributed by atoms with van der Waals surface area (Å²) in [4.78, 5) is 44.1. The predicted octanol–water partition coefficient (Wildman–Crippen LogP) is 5.73. The number of carbonyl (C=O) groups is 2. The second-order valence-corrected chi connectivity index (χ2v) is 14.4. The normalized spacial score (nSPS) is 15.3. The van der Waals surface area contributed by atoms with Gasteiger partial charge in [0.15, 0.2) is 21.3 Å². The Morgan fingerprint density at radius 3 is 2.35 bits per heavy atom. The second kappa shape index (κ2) is 14.0. The monoisotopic (exact) mass is 676 g/mol. The Morgan fingerprint density at radius 1 is 0.938 bits per heavy atom. The van der Waals surface area contributed by atoms with Crippen molar-refractivity contribution in [3.8, 4) is 11.5 Å². The summed E-state index contributed by atoms with van der Waals surface area (Å²) in [7, 11) is 0.492. The highest BCUT2D eigenvalue weighted by Crippen LogP contribution is 2.41. The molecule has 0 spiro atoms. The van der Waals surface area contributed by atoms with Gasteiger partial charge in [-0.1, -0.05) is 12.1 Å². The Hall–Kier alpha value is -5.04. The van der Waals surface area contributed by atoms with Crippen LogP contribution in [0.15, 0.2) is 70.5 Å². The van der Waals surface area contributed by atoms with E-state index in [1.807, 2.05) is 19.1 Å². The summed E-state index contributed by atoms with van der Waals surface area (Å²) in [6.45, 7) is 5.47. The number of rotatable bonds is 10. The number of sulfone groups is 1. The standard InChI is InChI=1S/C35H40N4O8S/c1-20(2)48(43,44)31-14-11-24(38-35(42)47-6)18-27(31)28-8-7-15-39(28)34(41)32(22-9-13-29(45-4)30(16-22)46-5)37-23-10-12-25-21(3)19-36-33(40)26(25)17-23/h9-14,16-20,28,32,37H,7-8,15H2,1-6H3,(H,36,40)(H,38,42)/t28-,32-/m1/s1. The first-order chi connectivity index (χ1) is 22.9. The van der Waals surface area contributed by atoms with Crippen LogP contribution >= 0.6 is 0 Å². The van der Waals surface area contributed by atoms with Gasteiger partial charge in [0.05, 0.1) is 37.5 Å². The fourth-order valence-electron chi connectivity index (χ4n) is 6.07. The minimum absolute atomic E-state index is 0.0948. The molecule has 12 nitrogen and oxygen atoms in total. The van der Waals surface area contributed by atoms with E-state index in [0.29, 0.717) is 58.8 Å². The van der Waals surface area contributed by atoms with Gasteiger partial charge in [-0.25, -0.2) is 13.2 Å². The molecule has 0 radical (unpaired) electrons. The van der Waals surface area contributed by atoms with E-state index in [2.05, 4.69) is 15.6 Å². The number of ether oxygens (including phenoxy) is 3. The molecule has 48 heavy (non-hydrogen) atoms. The first kappa shape index (κ1) is 34.3. The molecule has 3 aromatic carbocycles. The topological polar surface area (TPSA) is 156 Å². The van der Waals surface area contributed by atoms with Crippen molar-refractivity contribution in [2.24, 2.45) is 0 Å². The summed E-state index contributed by atoms with van der Waals surface area (Å²) in [5.41, 5.74) is 2.49. The fourth-order valence-corrected chi connectivity index (χ4v) is 7.36. The molecular weight excluding hydrogens is 636 g/mol. The van der Waals surface area contributed by atoms with Gasteiger partial charge in [-0.05, 0) is 98.2 Å². The molecule has 13 heteroatoms. The van der Waals surface area contributed by atoms with E-state index in [1.165, 1.54) is 33.5 Å². The molecule has 2 heterocycles. The molecule has 0 saturated carbocycles. The number of H-pyrrole nitrogens is 1. The van der Waals surface area contributed by atoms with Crippen molar-refractivity contribution >= 4 is 44.0 Å². The number of aromatic amines is 1. The van der Waals surface area contributed by atoms with Crippen molar-refractivity contribution in [2.45, 2.75) is 55.8 Å². The lowest BCUT2D eigenvalue weighted by atomic mass is 10.00. The van der Waals surface area contributed by atoms with Gasteiger partial charge < -0.3 is 29.4 Å². The van der Waals surface area contributed by atoms with Crippen LogP contribution in [0, 0.1) is 6.92 Å². The molecule has 1 aromatic heterocycles. The zero-order valence-corrected chi connectivity index (χ0v) is 28.6. The van der Waals surface area contributed by atoms with Crippen molar-refractivity contribution in [2.75, 3.05) is 38.5 Å². The molecule has 1 aliphatic rings. The number of nitrogens with one attached hydrogen (secondary N) is 3. The van der Waals surface area contributed by atoms with Crippen LogP contribution in [0.2, 0.25) is 0 Å². The maximum absolute atomic E-state index is 14.8. The minimum Gasteiger partial charge on any atom is -0.493 e. The van der Waals surface area contributed by atoms with E-state index in [1.54, 1.807) is 55.3 Å². The lowest BCUT2D eigenvalue weighted by molar-refractivity contribution is -0.133. The molecule has 1 fully saturated rings. The zero-order chi connectivity index (χ0) is 34.7. The zero-order valence-electron chi connectivity index (χ0n) is 27.7. The number of carbonyl (C=O) groups excluding carboxylic acids is 2. The smallest absolute Gasteiger partial charge is 0.411 e. The lowest BCUT2D eigenvalue weighted by Gasteiger charge is -2.32. The molecule has 0 bridgehead atoms. The number of methoxy groups -OCH3 is 3. The van der Waals surface area contributed by atoms with Gasteiger partial charge in [0.2, 0.25) is 5.91 Å². The van der Waals surface area contributed by atoms with Crippen molar-refractivity contribution < 1.29 is 32.2 Å². The average Bonchev–Trinajstić information content (AvgIpc) is 3.58. The molecule has 4 aromatic rings. The molecule has 254 valence electrons. The van der Waals surface area contributed by atoms with E-state index in [0.717, 1.165) is 10.9 Å². The van der Waals surface area contributed by atoms with E-state index < -0.39 is 33.3 Å². The van der Waals surface area contributed by atoms with Gasteiger partial charge in [-0.3, -0.25) is 14.9 Å². The summed E-state index contributed by atoms with van der Waals surface area (Å²) < 4.78 is 42.9. The Balaban J connectivity index is 1.62. The molecule has 0 unspecified atom stereocenters. The molecule has 1 saturated heterocycles. The van der Waals surface area contributed by atoms with Crippen LogP contribution in [-0.2, 0) is 19.4 Å². The number of fused-ring (bicyclic) bond motifs is 1. The third-order valence-electron chi connectivity index (χ3n) is 8.67. The number of nitrogens with zero attached hydrogens (tertiary/aromatic N) is 1. The molecule has 0 aliphatic carbocycles. The number of amides is 2. The number of hydrogen-bond acceptors (Lipinski definition) is 9. The highest BCUT2D eigenvalue weighted by molar-refractivity contribution is 7.92. The van der Waals surface area contributed by atoms with Gasteiger partial charge in [0.1, 0.15) is 6.04 Å². The molecule has 3 N–H and O–H groups in total. The van der Waals surface area contributed by atoms with Crippen molar-refractivity contribution in [1.29, 1.82) is 0 Å². The molecule has 5 rings (SSSR count). The van der Waals surface area contributed by atoms with Crippen LogP contribution in [0.1, 0.15) is 55.5 Å². The summed E-state index contributed by atoms with van der Waals surface area (Å²) in [5.74, 6) is 0.588. The first-order valence-electron chi connectivity index (χ1n) is 15.5. The second-order valence-electron chi connectivity index (χ2n) is 11.9. The number of aromatic nitrogens is 1. The van der Waals surface area contributed by atoms with E-state index in [4.69, 9.17) is 14.2 Å². The van der Waals surface area contributed by atoms with Crippen molar-refractivity contribution in [3.63, 3.8) is 0 Å². The number of aryl methyl sites for hydroxylation is 1. The van der Waals surface area contributed by atoms with Crippen molar-refractivity contribution in [3.05, 3.63) is 87.8 Å². The van der Waals surface area contributed by atoms with Gasteiger partial charge in [-0.15, -0.1) is 0 Å². The summed E-state index contributed by atoms with van der Waals surface area (Å²) >= 11 is 0. The van der Waals surface area contributed by atoms with Gasteiger partial charge in [0, 0.05) is 29.5 Å². The quantitative estimate of drug-likeness (QED) is 0.191.